The molecule has 4 heteroatoms. The lowest BCUT2D eigenvalue weighted by molar-refractivity contribution is 0.0959. The summed E-state index contributed by atoms with van der Waals surface area (Å²) in [6.45, 7) is 0. The molecular weight excluding hydrogens is 256 g/mol. The number of carbonyl (C=O) groups is 1. The highest BCUT2D eigenvalue weighted by Crippen LogP contribution is 2.21. The zero-order valence-electron chi connectivity index (χ0n) is 10.4. The fourth-order valence-electron chi connectivity index (χ4n) is 2.30. The van der Waals surface area contributed by atoms with Crippen LogP contribution < -0.4 is 5.43 Å². The molecule has 0 fully saturated rings. The number of carbonyl (C=O) groups excluding carboxylic acids is 1. The summed E-state index contributed by atoms with van der Waals surface area (Å²) in [6, 6.07) is 11.9. The molecule has 0 saturated heterocycles. The number of amides is 1. The molecular formula is C15H14N2OS. The molecule has 0 unspecified atom stereocenters. The second-order valence-electron chi connectivity index (χ2n) is 4.49. The number of benzene rings is 1. The Kier molecular flexibility index (Phi) is 3.42. The SMILES string of the molecule is O=C(N/N=C1\CCCc2ccccc21)c1cccs1. The summed E-state index contributed by atoms with van der Waals surface area (Å²) in [4.78, 5) is 12.5. The first-order valence-corrected chi connectivity index (χ1v) is 7.21. The van der Waals surface area contributed by atoms with Crippen LogP contribution >= 0.6 is 11.3 Å². The molecule has 3 rings (SSSR count). The number of fused-ring (bicyclic) bond motifs is 1. The molecule has 2 aromatic rings. The van der Waals surface area contributed by atoms with Gasteiger partial charge in [-0.05, 0) is 36.3 Å². The van der Waals surface area contributed by atoms with E-state index in [9.17, 15) is 4.79 Å². The van der Waals surface area contributed by atoms with Gasteiger partial charge in [-0.2, -0.15) is 5.10 Å². The maximum absolute atomic E-state index is 11.9. The number of aryl methyl sites for hydroxylation is 1. The number of thiophene rings is 1. The number of hydrogen-bond acceptors (Lipinski definition) is 3. The Morgan fingerprint density at radius 3 is 2.89 bits per heavy atom. The van der Waals surface area contributed by atoms with Gasteiger partial charge in [0.2, 0.25) is 0 Å². The largest absolute Gasteiger partial charge is 0.281 e. The molecule has 0 saturated carbocycles. The van der Waals surface area contributed by atoms with Gasteiger partial charge in [0.05, 0.1) is 10.6 Å². The van der Waals surface area contributed by atoms with Crippen molar-refractivity contribution in [3.8, 4) is 0 Å². The van der Waals surface area contributed by atoms with Crippen molar-refractivity contribution in [2.75, 3.05) is 0 Å². The smallest absolute Gasteiger partial charge is 0.266 e. The summed E-state index contributed by atoms with van der Waals surface area (Å²) in [5.41, 5.74) is 6.12. The molecule has 96 valence electrons. The third-order valence-electron chi connectivity index (χ3n) is 3.23. The van der Waals surface area contributed by atoms with E-state index < -0.39 is 0 Å². The van der Waals surface area contributed by atoms with Gasteiger partial charge < -0.3 is 0 Å². The minimum absolute atomic E-state index is 0.134. The Bertz CT molecular complexity index is 617. The fraction of sp³-hybridized carbons (Fsp3) is 0.200. The van der Waals surface area contributed by atoms with Crippen LogP contribution in [0.1, 0.15) is 33.6 Å². The Morgan fingerprint density at radius 2 is 2.05 bits per heavy atom. The first kappa shape index (κ1) is 12.1. The Labute approximate surface area is 116 Å². The third-order valence-corrected chi connectivity index (χ3v) is 4.09. The van der Waals surface area contributed by atoms with Gasteiger partial charge in [-0.25, -0.2) is 5.43 Å². The van der Waals surface area contributed by atoms with Crippen LogP contribution in [0.15, 0.2) is 46.9 Å². The molecule has 0 aliphatic heterocycles. The summed E-state index contributed by atoms with van der Waals surface area (Å²) in [6.07, 6.45) is 3.10. The molecule has 19 heavy (non-hydrogen) atoms. The highest BCUT2D eigenvalue weighted by molar-refractivity contribution is 7.12. The van der Waals surface area contributed by atoms with E-state index in [2.05, 4.69) is 22.7 Å². The number of rotatable bonds is 2. The summed E-state index contributed by atoms with van der Waals surface area (Å²) >= 11 is 1.42. The van der Waals surface area contributed by atoms with Crippen LogP contribution in [0.2, 0.25) is 0 Å². The predicted octanol–water partition coefficient (Wildman–Crippen LogP) is 3.22. The van der Waals surface area contributed by atoms with E-state index in [1.807, 2.05) is 23.6 Å². The van der Waals surface area contributed by atoms with Gasteiger partial charge in [0, 0.05) is 5.56 Å². The van der Waals surface area contributed by atoms with E-state index in [1.54, 1.807) is 6.07 Å². The van der Waals surface area contributed by atoms with Crippen molar-refractivity contribution in [3.63, 3.8) is 0 Å². The summed E-state index contributed by atoms with van der Waals surface area (Å²) in [7, 11) is 0. The summed E-state index contributed by atoms with van der Waals surface area (Å²) < 4.78 is 0. The highest BCUT2D eigenvalue weighted by atomic mass is 32.1. The molecule has 1 aromatic heterocycles. The monoisotopic (exact) mass is 270 g/mol. The first-order valence-electron chi connectivity index (χ1n) is 6.33. The normalized spacial score (nSPS) is 16.1. The van der Waals surface area contributed by atoms with Crippen molar-refractivity contribution in [2.24, 2.45) is 5.10 Å². The van der Waals surface area contributed by atoms with Gasteiger partial charge in [0.1, 0.15) is 0 Å². The molecule has 1 amide bonds. The van der Waals surface area contributed by atoms with Crippen molar-refractivity contribution in [3.05, 3.63) is 57.8 Å². The molecule has 3 nitrogen and oxygen atoms in total. The molecule has 0 radical (unpaired) electrons. The number of nitrogens with one attached hydrogen (secondary N) is 1. The molecule has 0 spiro atoms. The topological polar surface area (TPSA) is 41.5 Å². The molecule has 1 aliphatic rings. The van der Waals surface area contributed by atoms with Gasteiger partial charge in [0.15, 0.2) is 0 Å². The van der Waals surface area contributed by atoms with Crippen LogP contribution in [-0.2, 0) is 6.42 Å². The Morgan fingerprint density at radius 1 is 1.16 bits per heavy atom. The van der Waals surface area contributed by atoms with Gasteiger partial charge in [-0.15, -0.1) is 11.3 Å². The van der Waals surface area contributed by atoms with E-state index in [4.69, 9.17) is 0 Å². The quantitative estimate of drug-likeness (QED) is 0.836. The van der Waals surface area contributed by atoms with E-state index in [0.717, 1.165) is 25.0 Å². The number of hydrazone groups is 1. The van der Waals surface area contributed by atoms with E-state index in [1.165, 1.54) is 22.5 Å². The minimum atomic E-state index is -0.134. The van der Waals surface area contributed by atoms with Crippen molar-refractivity contribution < 1.29 is 4.79 Å². The fourth-order valence-corrected chi connectivity index (χ4v) is 2.91. The number of hydrogen-bond donors (Lipinski definition) is 1. The van der Waals surface area contributed by atoms with E-state index in [-0.39, 0.29) is 5.91 Å². The minimum Gasteiger partial charge on any atom is -0.266 e. The predicted molar refractivity (Wildman–Crippen MR) is 77.7 cm³/mol. The zero-order valence-corrected chi connectivity index (χ0v) is 11.2. The molecule has 1 N–H and O–H groups in total. The third kappa shape index (κ3) is 2.58. The lowest BCUT2D eigenvalue weighted by Crippen LogP contribution is -2.21. The van der Waals surface area contributed by atoms with Gasteiger partial charge in [0.25, 0.3) is 5.91 Å². The average Bonchev–Trinajstić information content (AvgIpc) is 2.99. The van der Waals surface area contributed by atoms with E-state index >= 15 is 0 Å². The van der Waals surface area contributed by atoms with E-state index in [0.29, 0.717) is 4.88 Å². The summed E-state index contributed by atoms with van der Waals surface area (Å²) in [5.74, 6) is -0.134. The van der Waals surface area contributed by atoms with Gasteiger partial charge >= 0.3 is 0 Å². The zero-order chi connectivity index (χ0) is 13.1. The second kappa shape index (κ2) is 5.36. The Balaban J connectivity index is 1.80. The van der Waals surface area contributed by atoms with Crippen LogP contribution in [0.5, 0.6) is 0 Å². The van der Waals surface area contributed by atoms with Crippen molar-refractivity contribution in [2.45, 2.75) is 19.3 Å². The summed E-state index contributed by atoms with van der Waals surface area (Å²) in [5, 5.41) is 6.19. The van der Waals surface area contributed by atoms with Crippen LogP contribution in [0, 0.1) is 0 Å². The maximum Gasteiger partial charge on any atom is 0.281 e. The van der Waals surface area contributed by atoms with Gasteiger partial charge in [-0.1, -0.05) is 30.3 Å². The van der Waals surface area contributed by atoms with Crippen molar-refractivity contribution >= 4 is 23.0 Å². The van der Waals surface area contributed by atoms with Crippen LogP contribution in [-0.4, -0.2) is 11.6 Å². The molecule has 1 heterocycles. The van der Waals surface area contributed by atoms with Crippen LogP contribution in [0.4, 0.5) is 0 Å². The molecule has 1 aliphatic carbocycles. The highest BCUT2D eigenvalue weighted by Gasteiger charge is 2.15. The van der Waals surface area contributed by atoms with Crippen molar-refractivity contribution in [1.29, 1.82) is 0 Å². The molecule has 0 bridgehead atoms. The first-order chi connectivity index (χ1) is 9.34. The van der Waals surface area contributed by atoms with Gasteiger partial charge in [-0.3, -0.25) is 4.79 Å². The van der Waals surface area contributed by atoms with Crippen LogP contribution in [0.3, 0.4) is 0 Å². The molecule has 0 atom stereocenters. The number of nitrogens with zero attached hydrogens (tertiary/aromatic N) is 1. The molecule has 1 aromatic carbocycles. The maximum atomic E-state index is 11.9. The lowest BCUT2D eigenvalue weighted by Gasteiger charge is -2.17. The lowest BCUT2D eigenvalue weighted by atomic mass is 9.90. The average molecular weight is 270 g/mol. The Hall–Kier alpha value is -1.94. The standard InChI is InChI=1S/C15H14N2OS/c18-15(14-9-4-10-19-14)17-16-13-8-3-6-11-5-1-2-7-12(11)13/h1-2,4-5,7,9-10H,3,6,8H2,(H,17,18)/b16-13+. The van der Waals surface area contributed by atoms with Crippen LogP contribution in [0.25, 0.3) is 0 Å². The second-order valence-corrected chi connectivity index (χ2v) is 5.44. The van der Waals surface area contributed by atoms with Crippen molar-refractivity contribution in [1.82, 2.24) is 5.43 Å².